The average Bonchev–Trinajstić information content (AvgIpc) is 2.71. The second kappa shape index (κ2) is 5.46. The van der Waals surface area contributed by atoms with Crippen molar-refractivity contribution in [3.05, 3.63) is 51.2 Å². The fourth-order valence-electron chi connectivity index (χ4n) is 1.30. The van der Waals surface area contributed by atoms with Crippen molar-refractivity contribution in [3.63, 3.8) is 0 Å². The molecule has 2 rings (SSSR count). The number of Topliss-reactive ketones (excluding diaryl/α,β-unsaturated/α-hetero) is 1. The summed E-state index contributed by atoms with van der Waals surface area (Å²) in [4.78, 5) is 12.1. The summed E-state index contributed by atoms with van der Waals surface area (Å²) < 4.78 is 31.2. The van der Waals surface area contributed by atoms with Gasteiger partial charge >= 0.3 is 0 Å². The van der Waals surface area contributed by atoms with Gasteiger partial charge in [0.2, 0.25) is 5.78 Å². The minimum atomic E-state index is -0.753. The largest absolute Gasteiger partial charge is 0.485 e. The second-order valence-electron chi connectivity index (χ2n) is 3.42. The predicted octanol–water partition coefficient (Wildman–Crippen LogP) is 3.94. The summed E-state index contributed by atoms with van der Waals surface area (Å²) in [6.45, 7) is -0.292. The molecule has 1 heterocycles. The van der Waals surface area contributed by atoms with E-state index in [2.05, 4.69) is 0 Å². The van der Waals surface area contributed by atoms with Crippen molar-refractivity contribution in [3.8, 4) is 5.75 Å². The number of ketones is 1. The molecular weight excluding hydrogens is 282 g/mol. The third-order valence-corrected chi connectivity index (χ3v) is 3.33. The van der Waals surface area contributed by atoms with Crippen molar-refractivity contribution in [2.45, 2.75) is 0 Å². The minimum absolute atomic E-state index is 0.0245. The summed E-state index contributed by atoms with van der Waals surface area (Å²) in [5.41, 5.74) is 0. The lowest BCUT2D eigenvalue weighted by atomic mass is 10.3. The van der Waals surface area contributed by atoms with E-state index in [4.69, 9.17) is 16.3 Å². The van der Waals surface area contributed by atoms with Crippen LogP contribution < -0.4 is 4.74 Å². The zero-order chi connectivity index (χ0) is 13.1. The van der Waals surface area contributed by atoms with Gasteiger partial charge in [-0.3, -0.25) is 4.79 Å². The molecule has 0 fully saturated rings. The van der Waals surface area contributed by atoms with Gasteiger partial charge in [0.25, 0.3) is 0 Å². The van der Waals surface area contributed by atoms with Crippen LogP contribution in [0.3, 0.4) is 0 Å². The van der Waals surface area contributed by atoms with Crippen LogP contribution in [-0.2, 0) is 0 Å². The highest BCUT2D eigenvalue weighted by Crippen LogP contribution is 2.22. The molecule has 94 valence electrons. The van der Waals surface area contributed by atoms with Gasteiger partial charge in [-0.25, -0.2) is 8.78 Å². The molecule has 18 heavy (non-hydrogen) atoms. The number of hydrogen-bond donors (Lipinski definition) is 0. The van der Waals surface area contributed by atoms with Gasteiger partial charge in [0.05, 0.1) is 9.21 Å². The molecule has 0 aliphatic carbocycles. The summed E-state index contributed by atoms with van der Waals surface area (Å²) in [6, 6.07) is 5.93. The molecule has 0 N–H and O–H groups in total. The van der Waals surface area contributed by atoms with Crippen LogP contribution >= 0.6 is 22.9 Å². The van der Waals surface area contributed by atoms with Gasteiger partial charge in [-0.05, 0) is 12.1 Å². The standard InChI is InChI=1S/C12H7ClF2O2S/c13-12-2-1-11(18-12)10(16)6-17-9-4-7(14)3-8(15)5-9/h1-5H,6H2. The van der Waals surface area contributed by atoms with Gasteiger partial charge in [-0.1, -0.05) is 11.6 Å². The Morgan fingerprint density at radius 3 is 2.44 bits per heavy atom. The lowest BCUT2D eigenvalue weighted by Gasteiger charge is -2.04. The van der Waals surface area contributed by atoms with E-state index in [1.807, 2.05) is 0 Å². The van der Waals surface area contributed by atoms with E-state index in [-0.39, 0.29) is 18.1 Å². The van der Waals surface area contributed by atoms with Gasteiger partial charge in [-0.15, -0.1) is 11.3 Å². The van der Waals surface area contributed by atoms with Crippen LogP contribution in [0, 0.1) is 11.6 Å². The van der Waals surface area contributed by atoms with Gasteiger partial charge in [0, 0.05) is 18.2 Å². The lowest BCUT2D eigenvalue weighted by molar-refractivity contribution is 0.0925. The molecule has 0 spiro atoms. The highest BCUT2D eigenvalue weighted by Gasteiger charge is 2.10. The molecule has 0 unspecified atom stereocenters. The molecular formula is C12H7ClF2O2S. The van der Waals surface area contributed by atoms with E-state index in [0.717, 1.165) is 29.5 Å². The van der Waals surface area contributed by atoms with E-state index in [1.54, 1.807) is 12.1 Å². The smallest absolute Gasteiger partial charge is 0.210 e. The van der Waals surface area contributed by atoms with Crippen LogP contribution in [0.15, 0.2) is 30.3 Å². The minimum Gasteiger partial charge on any atom is -0.485 e. The van der Waals surface area contributed by atoms with Crippen LogP contribution in [0.5, 0.6) is 5.75 Å². The highest BCUT2D eigenvalue weighted by molar-refractivity contribution is 7.18. The Labute approximate surface area is 111 Å². The third kappa shape index (κ3) is 3.27. The fraction of sp³-hybridized carbons (Fsp3) is 0.0833. The first-order valence-electron chi connectivity index (χ1n) is 4.92. The maximum absolute atomic E-state index is 12.9. The van der Waals surface area contributed by atoms with Crippen molar-refractivity contribution in [1.82, 2.24) is 0 Å². The van der Waals surface area contributed by atoms with Crippen molar-refractivity contribution in [2.75, 3.05) is 6.61 Å². The number of benzene rings is 1. The molecule has 0 radical (unpaired) electrons. The first-order chi connectivity index (χ1) is 8.54. The maximum atomic E-state index is 12.9. The molecule has 2 aromatic rings. The summed E-state index contributed by atoms with van der Waals surface area (Å²) in [7, 11) is 0. The molecule has 1 aromatic carbocycles. The molecule has 0 bridgehead atoms. The predicted molar refractivity (Wildman–Crippen MR) is 65.5 cm³/mol. The third-order valence-electron chi connectivity index (χ3n) is 2.05. The molecule has 0 saturated carbocycles. The summed E-state index contributed by atoms with van der Waals surface area (Å²) in [6.07, 6.45) is 0. The Balaban J connectivity index is 2.01. The van der Waals surface area contributed by atoms with Crippen LogP contribution in [0.4, 0.5) is 8.78 Å². The summed E-state index contributed by atoms with van der Waals surface area (Å²) >= 11 is 6.81. The molecule has 0 atom stereocenters. The second-order valence-corrected chi connectivity index (χ2v) is 5.14. The number of ether oxygens (including phenoxy) is 1. The first kappa shape index (κ1) is 13.0. The van der Waals surface area contributed by atoms with E-state index < -0.39 is 11.6 Å². The van der Waals surface area contributed by atoms with Gasteiger partial charge in [0.15, 0.2) is 6.61 Å². The Kier molecular flexibility index (Phi) is 3.93. The number of hydrogen-bond acceptors (Lipinski definition) is 3. The van der Waals surface area contributed by atoms with E-state index in [0.29, 0.717) is 9.21 Å². The number of rotatable bonds is 4. The van der Waals surface area contributed by atoms with E-state index in [1.165, 1.54) is 0 Å². The SMILES string of the molecule is O=C(COc1cc(F)cc(F)c1)c1ccc(Cl)s1. The number of thiophene rings is 1. The Morgan fingerprint density at radius 1 is 1.22 bits per heavy atom. The number of carbonyl (C=O) groups is 1. The zero-order valence-electron chi connectivity index (χ0n) is 8.95. The van der Waals surface area contributed by atoms with Crippen molar-refractivity contribution >= 4 is 28.7 Å². The van der Waals surface area contributed by atoms with Crippen molar-refractivity contribution < 1.29 is 18.3 Å². The van der Waals surface area contributed by atoms with Crippen LogP contribution in [-0.4, -0.2) is 12.4 Å². The molecule has 0 saturated heterocycles. The number of halogens is 3. The van der Waals surface area contributed by atoms with Gasteiger partial charge < -0.3 is 4.74 Å². The van der Waals surface area contributed by atoms with Crippen LogP contribution in [0.1, 0.15) is 9.67 Å². The molecule has 0 amide bonds. The van der Waals surface area contributed by atoms with Crippen LogP contribution in [0.25, 0.3) is 0 Å². The van der Waals surface area contributed by atoms with Crippen molar-refractivity contribution in [1.29, 1.82) is 0 Å². The zero-order valence-corrected chi connectivity index (χ0v) is 10.5. The molecule has 0 aliphatic heterocycles. The van der Waals surface area contributed by atoms with Crippen molar-refractivity contribution in [2.24, 2.45) is 0 Å². The Bertz CT molecular complexity index is 563. The van der Waals surface area contributed by atoms with E-state index >= 15 is 0 Å². The monoisotopic (exact) mass is 288 g/mol. The molecule has 2 nitrogen and oxygen atoms in total. The summed E-state index contributed by atoms with van der Waals surface area (Å²) in [5, 5.41) is 0. The van der Waals surface area contributed by atoms with Crippen LogP contribution in [0.2, 0.25) is 4.34 Å². The van der Waals surface area contributed by atoms with Gasteiger partial charge in [0.1, 0.15) is 17.4 Å². The number of carbonyl (C=O) groups excluding carboxylic acids is 1. The average molecular weight is 289 g/mol. The topological polar surface area (TPSA) is 26.3 Å². The lowest BCUT2D eigenvalue weighted by Crippen LogP contribution is -2.10. The first-order valence-corrected chi connectivity index (χ1v) is 6.11. The Morgan fingerprint density at radius 2 is 1.89 bits per heavy atom. The summed E-state index contributed by atoms with van der Waals surface area (Å²) in [5.74, 6) is -1.83. The molecule has 6 heteroatoms. The normalized spacial score (nSPS) is 10.4. The maximum Gasteiger partial charge on any atom is 0.210 e. The highest BCUT2D eigenvalue weighted by atomic mass is 35.5. The fourth-order valence-corrected chi connectivity index (χ4v) is 2.26. The Hall–Kier alpha value is -1.46. The molecule has 0 aliphatic rings. The molecule has 1 aromatic heterocycles. The van der Waals surface area contributed by atoms with E-state index in [9.17, 15) is 13.6 Å². The van der Waals surface area contributed by atoms with Gasteiger partial charge in [-0.2, -0.15) is 0 Å². The quantitative estimate of drug-likeness (QED) is 0.797.